The number of aliphatic hydroxyl groups excluding tert-OH is 3. The van der Waals surface area contributed by atoms with Gasteiger partial charge in [0.05, 0.1) is 12.2 Å². The predicted octanol–water partition coefficient (Wildman–Crippen LogP) is 2.47. The highest BCUT2D eigenvalue weighted by atomic mass is 16.6. The Morgan fingerprint density at radius 1 is 1.02 bits per heavy atom. The third kappa shape index (κ3) is 4.33. The van der Waals surface area contributed by atoms with Crippen LogP contribution in [0.15, 0.2) is 23.8 Å². The summed E-state index contributed by atoms with van der Waals surface area (Å²) in [5.41, 5.74) is -6.73. The van der Waals surface area contributed by atoms with Crippen LogP contribution in [0.1, 0.15) is 81.6 Å². The normalized spacial score (nSPS) is 43.5. The highest BCUT2D eigenvalue weighted by molar-refractivity contribution is 5.98. The van der Waals surface area contributed by atoms with Crippen molar-refractivity contribution < 1.29 is 44.3 Å². The average molecular weight is 575 g/mol. The SMILES string of the molecule is CC(=O)OC(C)(C)C=CC(=O)C(C)(O)C1C(O)CC2(C)C3C(O)C=C4C(CC(O)C(=O)C4(C)C)C3(C)C(=O)CC12C. The first-order valence-electron chi connectivity index (χ1n) is 14.5. The Hall–Kier alpha value is -2.20. The van der Waals surface area contributed by atoms with Gasteiger partial charge in [0.1, 0.15) is 23.1 Å². The molecular formula is C32H46O9. The molecule has 0 bridgehead atoms. The van der Waals surface area contributed by atoms with Gasteiger partial charge in [-0.3, -0.25) is 19.2 Å². The zero-order valence-electron chi connectivity index (χ0n) is 25.6. The van der Waals surface area contributed by atoms with Crippen molar-refractivity contribution in [2.75, 3.05) is 0 Å². The summed E-state index contributed by atoms with van der Waals surface area (Å²) in [7, 11) is 0. The van der Waals surface area contributed by atoms with Crippen molar-refractivity contribution in [2.24, 2.45) is 39.4 Å². The number of rotatable bonds is 5. The smallest absolute Gasteiger partial charge is 0.303 e. The number of aliphatic hydroxyl groups is 4. The highest BCUT2D eigenvalue weighted by Crippen LogP contribution is 2.74. The van der Waals surface area contributed by atoms with Crippen molar-refractivity contribution in [2.45, 2.75) is 111 Å². The van der Waals surface area contributed by atoms with Gasteiger partial charge in [-0.2, -0.15) is 0 Å². The fourth-order valence-corrected chi connectivity index (χ4v) is 9.48. The van der Waals surface area contributed by atoms with Gasteiger partial charge in [-0.25, -0.2) is 0 Å². The fraction of sp³-hybridized carbons (Fsp3) is 0.750. The molecule has 0 amide bonds. The van der Waals surface area contributed by atoms with E-state index in [9.17, 15) is 39.6 Å². The van der Waals surface area contributed by atoms with E-state index in [0.29, 0.717) is 5.57 Å². The van der Waals surface area contributed by atoms with Crippen LogP contribution in [0.5, 0.6) is 0 Å². The van der Waals surface area contributed by atoms with Gasteiger partial charge in [0.25, 0.3) is 0 Å². The molecule has 9 nitrogen and oxygen atoms in total. The van der Waals surface area contributed by atoms with E-state index in [1.165, 1.54) is 19.9 Å². The number of esters is 1. The van der Waals surface area contributed by atoms with Gasteiger partial charge in [0, 0.05) is 36.0 Å². The molecular weight excluding hydrogens is 528 g/mol. The Balaban J connectivity index is 1.79. The summed E-state index contributed by atoms with van der Waals surface area (Å²) < 4.78 is 5.21. The highest BCUT2D eigenvalue weighted by Gasteiger charge is 2.76. The van der Waals surface area contributed by atoms with Crippen molar-refractivity contribution in [1.29, 1.82) is 0 Å². The first kappa shape index (κ1) is 31.7. The Bertz CT molecular complexity index is 1240. The molecule has 4 N–H and O–H groups in total. The van der Waals surface area contributed by atoms with Gasteiger partial charge < -0.3 is 25.2 Å². The number of carbonyl (C=O) groups excluding carboxylic acids is 4. The van der Waals surface area contributed by atoms with E-state index in [-0.39, 0.29) is 30.8 Å². The molecule has 4 aliphatic carbocycles. The maximum atomic E-state index is 14.3. The van der Waals surface area contributed by atoms with E-state index in [4.69, 9.17) is 4.74 Å². The largest absolute Gasteiger partial charge is 0.456 e. The van der Waals surface area contributed by atoms with Gasteiger partial charge in [0.15, 0.2) is 11.6 Å². The van der Waals surface area contributed by atoms with Crippen LogP contribution in [0.3, 0.4) is 0 Å². The van der Waals surface area contributed by atoms with E-state index in [2.05, 4.69) is 0 Å². The van der Waals surface area contributed by atoms with Crippen LogP contribution in [0.4, 0.5) is 0 Å². The van der Waals surface area contributed by atoms with Gasteiger partial charge in [-0.1, -0.05) is 32.4 Å². The summed E-state index contributed by atoms with van der Waals surface area (Å²) >= 11 is 0. The van der Waals surface area contributed by atoms with E-state index < -0.39 is 80.7 Å². The Kier molecular flexibility index (Phi) is 7.27. The minimum atomic E-state index is -2.08. The number of hydrogen-bond donors (Lipinski definition) is 4. The third-order valence-electron chi connectivity index (χ3n) is 11.5. The van der Waals surface area contributed by atoms with Gasteiger partial charge >= 0.3 is 5.97 Å². The molecule has 10 atom stereocenters. The van der Waals surface area contributed by atoms with E-state index >= 15 is 0 Å². The summed E-state index contributed by atoms with van der Waals surface area (Å²) in [5, 5.41) is 45.7. The average Bonchev–Trinajstić information content (AvgIpc) is 3.01. The molecule has 4 rings (SSSR count). The standard InChI is InChI=1S/C32H46O9/c1-16(33)41-27(2,3)11-10-22(37)32(9,40)25-21(36)14-29(6)24-19(34)12-17-18(13-20(35)26(39)28(17,4)5)31(24,8)23(38)15-30(25,29)7/h10-12,18-21,24-25,34-36,40H,13-15H2,1-9H3. The number of ketones is 3. The summed E-state index contributed by atoms with van der Waals surface area (Å²) in [6.07, 6.45) is 0.793. The second-order valence-electron chi connectivity index (χ2n) is 14.9. The molecule has 0 aromatic rings. The Morgan fingerprint density at radius 2 is 1.61 bits per heavy atom. The lowest BCUT2D eigenvalue weighted by Gasteiger charge is -2.65. The maximum Gasteiger partial charge on any atom is 0.303 e. The maximum absolute atomic E-state index is 14.3. The minimum Gasteiger partial charge on any atom is -0.456 e. The lowest BCUT2D eigenvalue weighted by molar-refractivity contribution is -0.196. The van der Waals surface area contributed by atoms with Crippen molar-refractivity contribution >= 4 is 23.3 Å². The van der Waals surface area contributed by atoms with E-state index in [0.717, 1.165) is 6.08 Å². The van der Waals surface area contributed by atoms with Crippen LogP contribution in [-0.4, -0.2) is 73.3 Å². The van der Waals surface area contributed by atoms with Gasteiger partial charge in [-0.05, 0) is 76.4 Å². The number of hydrogen-bond acceptors (Lipinski definition) is 9. The zero-order valence-corrected chi connectivity index (χ0v) is 25.6. The number of Topliss-reactive ketones (excluding diaryl/α,β-unsaturated/α-hetero) is 2. The molecule has 3 fully saturated rings. The van der Waals surface area contributed by atoms with Crippen molar-refractivity contribution in [3.05, 3.63) is 23.8 Å². The molecule has 4 aliphatic rings. The summed E-state index contributed by atoms with van der Waals surface area (Å²) in [6, 6.07) is 0. The number of carbonyl (C=O) groups is 4. The molecule has 228 valence electrons. The predicted molar refractivity (Wildman–Crippen MR) is 149 cm³/mol. The molecule has 0 aromatic carbocycles. The molecule has 0 saturated heterocycles. The molecule has 41 heavy (non-hydrogen) atoms. The molecule has 0 radical (unpaired) electrons. The summed E-state index contributed by atoms with van der Waals surface area (Å²) in [5.74, 6) is -4.00. The summed E-state index contributed by atoms with van der Waals surface area (Å²) in [6.45, 7) is 14.7. The zero-order chi connectivity index (χ0) is 31.3. The molecule has 10 unspecified atom stereocenters. The number of fused-ring (bicyclic) bond motifs is 5. The number of ether oxygens (including phenoxy) is 1. The third-order valence-corrected chi connectivity index (χ3v) is 11.5. The second kappa shape index (κ2) is 9.40. The number of allylic oxidation sites excluding steroid dienone is 1. The van der Waals surface area contributed by atoms with Crippen molar-refractivity contribution in [3.63, 3.8) is 0 Å². The molecule has 9 heteroatoms. The topological polar surface area (TPSA) is 158 Å². The summed E-state index contributed by atoms with van der Waals surface area (Å²) in [4.78, 5) is 52.1. The molecule has 3 saturated carbocycles. The second-order valence-corrected chi connectivity index (χ2v) is 14.9. The first-order chi connectivity index (χ1) is 18.5. The van der Waals surface area contributed by atoms with Crippen molar-refractivity contribution in [1.82, 2.24) is 0 Å². The van der Waals surface area contributed by atoms with E-state index in [1.54, 1.807) is 47.6 Å². The lowest BCUT2D eigenvalue weighted by atomic mass is 9.38. The Labute approximate surface area is 242 Å². The lowest BCUT2D eigenvalue weighted by Crippen LogP contribution is -2.68. The van der Waals surface area contributed by atoms with Crippen LogP contribution in [0, 0.1) is 39.4 Å². The van der Waals surface area contributed by atoms with Crippen LogP contribution in [0.25, 0.3) is 0 Å². The molecule has 0 heterocycles. The minimum absolute atomic E-state index is 0.0642. The van der Waals surface area contributed by atoms with Crippen LogP contribution < -0.4 is 0 Å². The monoisotopic (exact) mass is 574 g/mol. The van der Waals surface area contributed by atoms with Gasteiger partial charge in [0.2, 0.25) is 0 Å². The van der Waals surface area contributed by atoms with E-state index in [1.807, 2.05) is 6.92 Å². The van der Waals surface area contributed by atoms with Crippen LogP contribution in [0.2, 0.25) is 0 Å². The van der Waals surface area contributed by atoms with Crippen LogP contribution >= 0.6 is 0 Å². The Morgan fingerprint density at radius 3 is 2.17 bits per heavy atom. The first-order valence-corrected chi connectivity index (χ1v) is 14.5. The molecule has 0 aliphatic heterocycles. The van der Waals surface area contributed by atoms with Gasteiger partial charge in [-0.15, -0.1) is 0 Å². The molecule has 0 spiro atoms. The van der Waals surface area contributed by atoms with Crippen molar-refractivity contribution in [3.8, 4) is 0 Å². The quantitative estimate of drug-likeness (QED) is 0.220. The fourth-order valence-electron chi connectivity index (χ4n) is 9.48. The molecule has 0 aromatic heterocycles. The van der Waals surface area contributed by atoms with Crippen LogP contribution in [-0.2, 0) is 23.9 Å².